The van der Waals surface area contributed by atoms with Gasteiger partial charge in [-0.2, -0.15) is 0 Å². The standard InChI is InChI=1S/C18H21NO4/c1-13(17(20)15-10-6-7-11-16(15)22-2)19-18(21)23-12-14-8-4-3-5-9-14/h3-11,13,17,20H,12H2,1-2H3,(H,19,21)/t13-,17+/m0/s1. The molecule has 5 heteroatoms. The summed E-state index contributed by atoms with van der Waals surface area (Å²) in [5.41, 5.74) is 1.52. The Kier molecular flexibility index (Phi) is 6.00. The normalized spacial score (nSPS) is 13.0. The molecule has 2 rings (SSSR count). The first kappa shape index (κ1) is 16.8. The molecule has 23 heavy (non-hydrogen) atoms. The molecule has 122 valence electrons. The molecule has 0 radical (unpaired) electrons. The number of amides is 1. The molecular weight excluding hydrogens is 294 g/mol. The number of hydrogen-bond acceptors (Lipinski definition) is 4. The van der Waals surface area contributed by atoms with E-state index in [-0.39, 0.29) is 6.61 Å². The highest BCUT2D eigenvalue weighted by Crippen LogP contribution is 2.26. The number of aliphatic hydroxyl groups excluding tert-OH is 1. The maximum absolute atomic E-state index is 11.8. The third-order valence-corrected chi connectivity index (χ3v) is 3.49. The van der Waals surface area contributed by atoms with Gasteiger partial charge in [-0.3, -0.25) is 0 Å². The number of para-hydroxylation sites is 1. The van der Waals surface area contributed by atoms with Crippen molar-refractivity contribution in [2.24, 2.45) is 0 Å². The van der Waals surface area contributed by atoms with Crippen molar-refractivity contribution in [2.75, 3.05) is 7.11 Å². The average molecular weight is 315 g/mol. The molecule has 0 saturated carbocycles. The minimum Gasteiger partial charge on any atom is -0.496 e. The third kappa shape index (κ3) is 4.72. The first-order valence-electron chi connectivity index (χ1n) is 7.40. The minimum atomic E-state index is -0.893. The number of benzene rings is 2. The molecule has 0 aromatic heterocycles. The zero-order chi connectivity index (χ0) is 16.7. The number of aliphatic hydroxyl groups is 1. The number of alkyl carbamates (subject to hydrolysis) is 1. The topological polar surface area (TPSA) is 67.8 Å². The van der Waals surface area contributed by atoms with Crippen LogP contribution in [0.3, 0.4) is 0 Å². The molecule has 0 aliphatic carbocycles. The Morgan fingerprint density at radius 3 is 2.48 bits per heavy atom. The van der Waals surface area contributed by atoms with Gasteiger partial charge >= 0.3 is 6.09 Å². The van der Waals surface area contributed by atoms with Crippen molar-refractivity contribution in [2.45, 2.75) is 25.7 Å². The fraction of sp³-hybridized carbons (Fsp3) is 0.278. The Morgan fingerprint density at radius 1 is 1.13 bits per heavy atom. The molecule has 2 aromatic rings. The largest absolute Gasteiger partial charge is 0.496 e. The quantitative estimate of drug-likeness (QED) is 0.860. The lowest BCUT2D eigenvalue weighted by Gasteiger charge is -2.22. The smallest absolute Gasteiger partial charge is 0.407 e. The number of hydrogen-bond donors (Lipinski definition) is 2. The Balaban J connectivity index is 1.90. The lowest BCUT2D eigenvalue weighted by molar-refractivity contribution is 0.105. The van der Waals surface area contributed by atoms with E-state index >= 15 is 0 Å². The van der Waals surface area contributed by atoms with Gasteiger partial charge in [0.2, 0.25) is 0 Å². The molecule has 0 aliphatic heterocycles. The molecular formula is C18H21NO4. The zero-order valence-corrected chi connectivity index (χ0v) is 13.2. The molecule has 2 atom stereocenters. The van der Waals surface area contributed by atoms with Crippen molar-refractivity contribution in [3.8, 4) is 5.75 Å². The maximum Gasteiger partial charge on any atom is 0.407 e. The molecule has 5 nitrogen and oxygen atoms in total. The van der Waals surface area contributed by atoms with Crippen LogP contribution in [0.25, 0.3) is 0 Å². The van der Waals surface area contributed by atoms with E-state index in [1.807, 2.05) is 42.5 Å². The first-order valence-corrected chi connectivity index (χ1v) is 7.40. The molecule has 2 N–H and O–H groups in total. The lowest BCUT2D eigenvalue weighted by Crippen LogP contribution is -2.37. The van der Waals surface area contributed by atoms with Crippen LogP contribution >= 0.6 is 0 Å². The van der Waals surface area contributed by atoms with E-state index in [1.165, 1.54) is 7.11 Å². The highest BCUT2D eigenvalue weighted by molar-refractivity contribution is 5.67. The summed E-state index contributed by atoms with van der Waals surface area (Å²) in [7, 11) is 1.54. The summed E-state index contributed by atoms with van der Waals surface area (Å²) in [6, 6.07) is 16.0. The van der Waals surface area contributed by atoms with Crippen molar-refractivity contribution in [1.29, 1.82) is 0 Å². The average Bonchev–Trinajstić information content (AvgIpc) is 2.60. The monoisotopic (exact) mass is 315 g/mol. The summed E-state index contributed by atoms with van der Waals surface area (Å²) in [6.07, 6.45) is -1.47. The summed E-state index contributed by atoms with van der Waals surface area (Å²) in [4.78, 5) is 11.8. The van der Waals surface area contributed by atoms with Gasteiger partial charge < -0.3 is 19.9 Å². The highest BCUT2D eigenvalue weighted by Gasteiger charge is 2.21. The lowest BCUT2D eigenvalue weighted by atomic mass is 10.0. The molecule has 0 saturated heterocycles. The van der Waals surface area contributed by atoms with Gasteiger partial charge in [0, 0.05) is 5.56 Å². The van der Waals surface area contributed by atoms with Gasteiger partial charge in [-0.1, -0.05) is 48.5 Å². The maximum atomic E-state index is 11.8. The predicted octanol–water partition coefficient (Wildman–Crippen LogP) is 3.04. The van der Waals surface area contributed by atoms with Gasteiger partial charge in [-0.05, 0) is 18.6 Å². The van der Waals surface area contributed by atoms with Crippen LogP contribution in [0.5, 0.6) is 5.75 Å². The van der Waals surface area contributed by atoms with Gasteiger partial charge in [0.15, 0.2) is 0 Å². The molecule has 0 bridgehead atoms. The van der Waals surface area contributed by atoms with Crippen LogP contribution in [0.4, 0.5) is 4.79 Å². The molecule has 2 aromatic carbocycles. The van der Waals surface area contributed by atoms with Crippen molar-refractivity contribution in [3.63, 3.8) is 0 Å². The number of carbonyl (C=O) groups is 1. The molecule has 1 amide bonds. The number of ether oxygens (including phenoxy) is 2. The Hall–Kier alpha value is -2.53. The van der Waals surface area contributed by atoms with Gasteiger partial charge in [0.1, 0.15) is 18.5 Å². The van der Waals surface area contributed by atoms with E-state index in [0.29, 0.717) is 11.3 Å². The summed E-state index contributed by atoms with van der Waals surface area (Å²) in [5.74, 6) is 0.575. The summed E-state index contributed by atoms with van der Waals surface area (Å²) in [6.45, 7) is 1.89. The van der Waals surface area contributed by atoms with Gasteiger partial charge in [-0.15, -0.1) is 0 Å². The first-order chi connectivity index (χ1) is 11.1. The number of carbonyl (C=O) groups excluding carboxylic acids is 1. The van der Waals surface area contributed by atoms with Crippen LogP contribution in [0.1, 0.15) is 24.2 Å². The van der Waals surface area contributed by atoms with E-state index in [2.05, 4.69) is 5.32 Å². The van der Waals surface area contributed by atoms with E-state index in [9.17, 15) is 9.90 Å². The number of rotatable bonds is 6. The van der Waals surface area contributed by atoms with E-state index in [4.69, 9.17) is 9.47 Å². The molecule has 0 unspecified atom stereocenters. The van der Waals surface area contributed by atoms with E-state index < -0.39 is 18.2 Å². The van der Waals surface area contributed by atoms with Crippen LogP contribution in [0.15, 0.2) is 54.6 Å². The fourth-order valence-corrected chi connectivity index (χ4v) is 2.21. The summed E-state index contributed by atoms with van der Waals surface area (Å²) >= 11 is 0. The molecule has 0 spiro atoms. The second kappa shape index (κ2) is 8.19. The molecule has 0 aliphatic rings. The van der Waals surface area contributed by atoms with Crippen molar-refractivity contribution >= 4 is 6.09 Å². The SMILES string of the molecule is COc1ccccc1[C@H](O)[C@H](C)NC(=O)OCc1ccccc1. The Morgan fingerprint density at radius 2 is 1.78 bits per heavy atom. The van der Waals surface area contributed by atoms with Crippen LogP contribution in [0.2, 0.25) is 0 Å². The second-order valence-corrected chi connectivity index (χ2v) is 5.18. The number of nitrogens with one attached hydrogen (secondary N) is 1. The predicted molar refractivity (Wildman–Crippen MR) is 87.2 cm³/mol. The van der Waals surface area contributed by atoms with E-state index in [1.54, 1.807) is 19.1 Å². The van der Waals surface area contributed by atoms with Crippen LogP contribution in [-0.2, 0) is 11.3 Å². The highest BCUT2D eigenvalue weighted by atomic mass is 16.5. The van der Waals surface area contributed by atoms with Crippen LogP contribution in [0, 0.1) is 0 Å². The van der Waals surface area contributed by atoms with Gasteiger partial charge in [0.25, 0.3) is 0 Å². The van der Waals surface area contributed by atoms with Gasteiger partial charge in [0.05, 0.1) is 13.2 Å². The summed E-state index contributed by atoms with van der Waals surface area (Å²) < 4.78 is 10.4. The molecule has 0 heterocycles. The van der Waals surface area contributed by atoms with Crippen LogP contribution in [-0.4, -0.2) is 24.4 Å². The summed E-state index contributed by atoms with van der Waals surface area (Å²) in [5, 5.41) is 13.0. The number of methoxy groups -OCH3 is 1. The fourth-order valence-electron chi connectivity index (χ4n) is 2.21. The van der Waals surface area contributed by atoms with Crippen molar-refractivity contribution in [1.82, 2.24) is 5.32 Å². The van der Waals surface area contributed by atoms with Crippen molar-refractivity contribution < 1.29 is 19.4 Å². The second-order valence-electron chi connectivity index (χ2n) is 5.18. The van der Waals surface area contributed by atoms with Crippen molar-refractivity contribution in [3.05, 3.63) is 65.7 Å². The van der Waals surface area contributed by atoms with Crippen LogP contribution < -0.4 is 10.1 Å². The minimum absolute atomic E-state index is 0.185. The zero-order valence-electron chi connectivity index (χ0n) is 13.2. The third-order valence-electron chi connectivity index (χ3n) is 3.49. The van der Waals surface area contributed by atoms with E-state index in [0.717, 1.165) is 5.56 Å². The Labute approximate surface area is 135 Å². The van der Waals surface area contributed by atoms with Gasteiger partial charge in [-0.25, -0.2) is 4.79 Å². The molecule has 0 fully saturated rings. The Bertz CT molecular complexity index is 630.